The minimum absolute atomic E-state index is 0.0783. The molecule has 4 nitrogen and oxygen atoms in total. The van der Waals surface area contributed by atoms with Crippen molar-refractivity contribution in [2.24, 2.45) is 0 Å². The van der Waals surface area contributed by atoms with Gasteiger partial charge < -0.3 is 10.6 Å². The van der Waals surface area contributed by atoms with Gasteiger partial charge in [0.2, 0.25) is 5.91 Å². The number of fused-ring (bicyclic) bond motifs is 1. The summed E-state index contributed by atoms with van der Waals surface area (Å²) in [6.45, 7) is 4.42. The zero-order chi connectivity index (χ0) is 13.8. The van der Waals surface area contributed by atoms with Gasteiger partial charge in [-0.2, -0.15) is 0 Å². The molecule has 19 heavy (non-hydrogen) atoms. The Kier molecular flexibility index (Phi) is 4.74. The van der Waals surface area contributed by atoms with Crippen molar-refractivity contribution < 1.29 is 4.79 Å². The van der Waals surface area contributed by atoms with Crippen molar-refractivity contribution in [1.29, 1.82) is 0 Å². The van der Waals surface area contributed by atoms with Crippen molar-refractivity contribution in [3.8, 4) is 0 Å². The number of thiazole rings is 1. The Bertz CT molecular complexity index is 584. The van der Waals surface area contributed by atoms with Crippen molar-refractivity contribution in [3.63, 3.8) is 0 Å². The van der Waals surface area contributed by atoms with Gasteiger partial charge in [-0.1, -0.05) is 29.9 Å². The third kappa shape index (κ3) is 3.89. The third-order valence-corrected chi connectivity index (χ3v) is 3.99. The van der Waals surface area contributed by atoms with E-state index in [0.29, 0.717) is 22.7 Å². The molecule has 0 aliphatic carbocycles. The summed E-state index contributed by atoms with van der Waals surface area (Å²) in [6.07, 6.45) is 0.993. The average molecular weight is 298 g/mol. The van der Waals surface area contributed by atoms with Gasteiger partial charge in [-0.3, -0.25) is 4.79 Å². The van der Waals surface area contributed by atoms with E-state index in [1.54, 1.807) is 6.07 Å². The average Bonchev–Trinajstić information content (AvgIpc) is 2.77. The van der Waals surface area contributed by atoms with Crippen LogP contribution in [0.3, 0.4) is 0 Å². The van der Waals surface area contributed by atoms with Crippen LogP contribution in [0.25, 0.3) is 10.2 Å². The molecule has 1 unspecified atom stereocenters. The van der Waals surface area contributed by atoms with E-state index in [9.17, 15) is 4.79 Å². The number of halogens is 1. The molecular formula is C13H16ClN3OS. The fourth-order valence-corrected chi connectivity index (χ4v) is 2.68. The predicted octanol–water partition coefficient (Wildman–Crippen LogP) is 3.28. The molecule has 0 saturated heterocycles. The number of aromatic nitrogens is 1. The number of benzene rings is 1. The number of hydrogen-bond acceptors (Lipinski definition) is 4. The second-order valence-corrected chi connectivity index (χ2v) is 5.84. The molecule has 0 bridgehead atoms. The second-order valence-electron chi connectivity index (χ2n) is 4.37. The molecule has 2 N–H and O–H groups in total. The van der Waals surface area contributed by atoms with E-state index in [4.69, 9.17) is 11.6 Å². The Balaban J connectivity index is 1.99. The molecule has 1 aromatic carbocycles. The first-order valence-corrected chi connectivity index (χ1v) is 7.37. The van der Waals surface area contributed by atoms with Crippen LogP contribution in [0.5, 0.6) is 0 Å². The molecule has 1 amide bonds. The fourth-order valence-electron chi connectivity index (χ4n) is 1.53. The van der Waals surface area contributed by atoms with Gasteiger partial charge in [0.1, 0.15) is 0 Å². The van der Waals surface area contributed by atoms with E-state index in [1.165, 1.54) is 11.3 Å². The fraction of sp³-hybridized carbons (Fsp3) is 0.385. The number of nitrogens with one attached hydrogen (secondary N) is 2. The maximum Gasteiger partial charge on any atom is 0.240 e. The lowest BCUT2D eigenvalue weighted by Gasteiger charge is -2.09. The highest BCUT2D eigenvalue weighted by Gasteiger charge is 2.08. The summed E-state index contributed by atoms with van der Waals surface area (Å²) in [4.78, 5) is 16.1. The zero-order valence-corrected chi connectivity index (χ0v) is 12.4. The molecule has 0 aliphatic rings. The topological polar surface area (TPSA) is 54.0 Å². The normalized spacial score (nSPS) is 12.6. The first-order chi connectivity index (χ1) is 9.08. The van der Waals surface area contributed by atoms with E-state index in [-0.39, 0.29) is 5.91 Å². The molecule has 0 saturated carbocycles. The maximum absolute atomic E-state index is 11.7. The summed E-state index contributed by atoms with van der Waals surface area (Å²) in [5.74, 6) is -0.0783. The highest BCUT2D eigenvalue weighted by Crippen LogP contribution is 2.28. The van der Waals surface area contributed by atoms with Gasteiger partial charge in [-0.15, -0.1) is 0 Å². The van der Waals surface area contributed by atoms with Crippen molar-refractivity contribution in [2.75, 3.05) is 11.9 Å². The first kappa shape index (κ1) is 14.2. The Labute approximate surface area is 121 Å². The SMILES string of the molecule is CCC(C)NCC(=O)Nc1nc2ccc(Cl)cc2s1. The summed E-state index contributed by atoms with van der Waals surface area (Å²) in [5.41, 5.74) is 0.847. The number of nitrogens with zero attached hydrogens (tertiary/aromatic N) is 1. The summed E-state index contributed by atoms with van der Waals surface area (Å²) in [6, 6.07) is 5.82. The second kappa shape index (κ2) is 6.32. The molecule has 2 rings (SSSR count). The molecule has 1 aromatic heterocycles. The molecule has 0 spiro atoms. The summed E-state index contributed by atoms with van der Waals surface area (Å²) >= 11 is 7.34. The van der Waals surface area contributed by atoms with Gasteiger partial charge >= 0.3 is 0 Å². The predicted molar refractivity (Wildman–Crippen MR) is 81.0 cm³/mol. The molecule has 6 heteroatoms. The minimum atomic E-state index is -0.0783. The standard InChI is InChI=1S/C13H16ClN3OS/c1-3-8(2)15-7-12(18)17-13-16-10-5-4-9(14)6-11(10)19-13/h4-6,8,15H,3,7H2,1-2H3,(H,16,17,18). The smallest absolute Gasteiger partial charge is 0.240 e. The number of hydrogen-bond donors (Lipinski definition) is 2. The summed E-state index contributed by atoms with van der Waals surface area (Å²) in [7, 11) is 0. The lowest BCUT2D eigenvalue weighted by molar-refractivity contribution is -0.115. The van der Waals surface area contributed by atoms with Crippen LogP contribution >= 0.6 is 22.9 Å². The van der Waals surface area contributed by atoms with E-state index < -0.39 is 0 Å². The Hall–Kier alpha value is -1.17. The molecule has 1 heterocycles. The van der Waals surface area contributed by atoms with Crippen molar-refractivity contribution in [2.45, 2.75) is 26.3 Å². The van der Waals surface area contributed by atoms with Crippen LogP contribution in [0.1, 0.15) is 20.3 Å². The van der Waals surface area contributed by atoms with Crippen LogP contribution in [0.2, 0.25) is 5.02 Å². The van der Waals surface area contributed by atoms with E-state index in [0.717, 1.165) is 16.6 Å². The number of amides is 1. The van der Waals surface area contributed by atoms with E-state index in [1.807, 2.05) is 19.1 Å². The summed E-state index contributed by atoms with van der Waals surface area (Å²) < 4.78 is 0.970. The van der Waals surface area contributed by atoms with E-state index >= 15 is 0 Å². The monoisotopic (exact) mass is 297 g/mol. The minimum Gasteiger partial charge on any atom is -0.306 e. The Morgan fingerprint density at radius 3 is 3.05 bits per heavy atom. The van der Waals surface area contributed by atoms with Crippen LogP contribution in [-0.4, -0.2) is 23.5 Å². The van der Waals surface area contributed by atoms with Crippen molar-refractivity contribution >= 4 is 44.2 Å². The molecule has 2 aromatic rings. The highest BCUT2D eigenvalue weighted by molar-refractivity contribution is 7.22. The van der Waals surface area contributed by atoms with Crippen molar-refractivity contribution in [1.82, 2.24) is 10.3 Å². The third-order valence-electron chi connectivity index (χ3n) is 2.82. The molecule has 0 fully saturated rings. The number of rotatable bonds is 5. The van der Waals surface area contributed by atoms with Crippen LogP contribution in [0.4, 0.5) is 5.13 Å². The van der Waals surface area contributed by atoms with Gasteiger partial charge in [-0.05, 0) is 31.5 Å². The Morgan fingerprint density at radius 1 is 1.53 bits per heavy atom. The summed E-state index contributed by atoms with van der Waals surface area (Å²) in [5, 5.41) is 7.21. The lowest BCUT2D eigenvalue weighted by Crippen LogP contribution is -2.33. The number of anilines is 1. The van der Waals surface area contributed by atoms with Gasteiger partial charge in [0.25, 0.3) is 0 Å². The lowest BCUT2D eigenvalue weighted by atomic mass is 10.2. The Morgan fingerprint density at radius 2 is 2.32 bits per heavy atom. The van der Waals surface area contributed by atoms with Crippen molar-refractivity contribution in [3.05, 3.63) is 23.2 Å². The van der Waals surface area contributed by atoms with Crippen LogP contribution in [-0.2, 0) is 4.79 Å². The van der Waals surface area contributed by atoms with Crippen LogP contribution in [0, 0.1) is 0 Å². The zero-order valence-electron chi connectivity index (χ0n) is 10.9. The largest absolute Gasteiger partial charge is 0.306 e. The van der Waals surface area contributed by atoms with Gasteiger partial charge in [-0.25, -0.2) is 4.98 Å². The van der Waals surface area contributed by atoms with Gasteiger partial charge in [0.05, 0.1) is 16.8 Å². The van der Waals surface area contributed by atoms with Crippen LogP contribution < -0.4 is 10.6 Å². The molecule has 0 radical (unpaired) electrons. The molecule has 1 atom stereocenters. The quantitative estimate of drug-likeness (QED) is 0.890. The van der Waals surface area contributed by atoms with Crippen LogP contribution in [0.15, 0.2) is 18.2 Å². The first-order valence-electron chi connectivity index (χ1n) is 6.18. The number of carbonyl (C=O) groups is 1. The number of carbonyl (C=O) groups excluding carboxylic acids is 1. The van der Waals surface area contributed by atoms with Gasteiger partial charge in [0, 0.05) is 11.1 Å². The molecule has 102 valence electrons. The molecular weight excluding hydrogens is 282 g/mol. The maximum atomic E-state index is 11.7. The molecule has 0 aliphatic heterocycles. The van der Waals surface area contributed by atoms with Gasteiger partial charge in [0.15, 0.2) is 5.13 Å². The van der Waals surface area contributed by atoms with E-state index in [2.05, 4.69) is 22.5 Å². The highest BCUT2D eigenvalue weighted by atomic mass is 35.5.